The van der Waals surface area contributed by atoms with Gasteiger partial charge in [-0.05, 0) is 31.0 Å². The summed E-state index contributed by atoms with van der Waals surface area (Å²) in [6, 6.07) is 9.93. The van der Waals surface area contributed by atoms with Crippen molar-refractivity contribution in [3.8, 4) is 11.3 Å². The second kappa shape index (κ2) is 4.67. The Kier molecular flexibility index (Phi) is 3.02. The standard InChI is InChI=1S/C14H14ClN3/c15-11-3-1-9(2-4-11)13-5-6-17-14(18-13)10-7-12(16)8-10/h1-6,10,12H,7-8,16H2. The normalized spacial score (nSPS) is 22.6. The lowest BCUT2D eigenvalue weighted by molar-refractivity contribution is 0.338. The van der Waals surface area contributed by atoms with Gasteiger partial charge >= 0.3 is 0 Å². The molecule has 0 bridgehead atoms. The van der Waals surface area contributed by atoms with Crippen molar-refractivity contribution in [1.29, 1.82) is 0 Å². The minimum atomic E-state index is 0.317. The molecule has 1 fully saturated rings. The molecule has 18 heavy (non-hydrogen) atoms. The zero-order valence-corrected chi connectivity index (χ0v) is 10.6. The van der Waals surface area contributed by atoms with Crippen LogP contribution in [0.15, 0.2) is 36.5 Å². The molecule has 0 saturated heterocycles. The van der Waals surface area contributed by atoms with Gasteiger partial charge in [0.15, 0.2) is 0 Å². The summed E-state index contributed by atoms with van der Waals surface area (Å²) in [5, 5.41) is 0.734. The first-order valence-corrected chi connectivity index (χ1v) is 6.44. The molecule has 3 rings (SSSR count). The Morgan fingerprint density at radius 2 is 1.83 bits per heavy atom. The van der Waals surface area contributed by atoms with Gasteiger partial charge in [-0.1, -0.05) is 23.7 Å². The summed E-state index contributed by atoms with van der Waals surface area (Å²) in [6.07, 6.45) is 3.80. The molecule has 0 spiro atoms. The van der Waals surface area contributed by atoms with Crippen LogP contribution in [0, 0.1) is 0 Å². The van der Waals surface area contributed by atoms with E-state index < -0.39 is 0 Å². The number of hydrogen-bond acceptors (Lipinski definition) is 3. The Morgan fingerprint density at radius 3 is 2.50 bits per heavy atom. The average Bonchev–Trinajstić information content (AvgIpc) is 2.36. The van der Waals surface area contributed by atoms with E-state index in [9.17, 15) is 0 Å². The summed E-state index contributed by atoms with van der Waals surface area (Å²) in [4.78, 5) is 8.97. The van der Waals surface area contributed by atoms with Crippen molar-refractivity contribution in [3.05, 3.63) is 47.4 Å². The molecule has 0 unspecified atom stereocenters. The molecule has 1 aliphatic carbocycles. The molecule has 1 aliphatic rings. The second-order valence-electron chi connectivity index (χ2n) is 4.74. The Balaban J connectivity index is 1.89. The summed E-state index contributed by atoms with van der Waals surface area (Å²) in [6.45, 7) is 0. The van der Waals surface area contributed by atoms with Crippen molar-refractivity contribution < 1.29 is 0 Å². The first kappa shape index (κ1) is 11.6. The monoisotopic (exact) mass is 259 g/mol. The maximum atomic E-state index is 5.88. The zero-order valence-electron chi connectivity index (χ0n) is 9.88. The molecule has 0 radical (unpaired) electrons. The van der Waals surface area contributed by atoms with Crippen LogP contribution >= 0.6 is 11.6 Å². The number of aromatic nitrogens is 2. The lowest BCUT2D eigenvalue weighted by Crippen LogP contribution is -2.35. The Morgan fingerprint density at radius 1 is 1.11 bits per heavy atom. The van der Waals surface area contributed by atoms with Crippen molar-refractivity contribution in [2.24, 2.45) is 5.73 Å². The number of halogens is 1. The summed E-state index contributed by atoms with van der Waals surface area (Å²) in [5.74, 6) is 1.33. The van der Waals surface area contributed by atoms with E-state index in [0.29, 0.717) is 12.0 Å². The van der Waals surface area contributed by atoms with E-state index in [1.54, 1.807) is 0 Å². The molecule has 1 heterocycles. The maximum absolute atomic E-state index is 5.88. The van der Waals surface area contributed by atoms with Gasteiger partial charge in [0.05, 0.1) is 5.69 Å². The van der Waals surface area contributed by atoms with Crippen LogP contribution in [-0.4, -0.2) is 16.0 Å². The molecule has 2 aromatic rings. The molecule has 92 valence electrons. The predicted molar refractivity (Wildman–Crippen MR) is 72.4 cm³/mol. The van der Waals surface area contributed by atoms with Crippen molar-refractivity contribution in [3.63, 3.8) is 0 Å². The highest BCUT2D eigenvalue weighted by molar-refractivity contribution is 6.30. The van der Waals surface area contributed by atoms with E-state index in [1.807, 2.05) is 36.5 Å². The molecule has 0 aliphatic heterocycles. The smallest absolute Gasteiger partial charge is 0.132 e. The average molecular weight is 260 g/mol. The van der Waals surface area contributed by atoms with Crippen LogP contribution in [0.2, 0.25) is 5.02 Å². The van der Waals surface area contributed by atoms with E-state index >= 15 is 0 Å². The van der Waals surface area contributed by atoms with Crippen molar-refractivity contribution in [1.82, 2.24) is 9.97 Å². The summed E-state index contributed by atoms with van der Waals surface area (Å²) >= 11 is 5.88. The van der Waals surface area contributed by atoms with Gasteiger partial charge in [-0.3, -0.25) is 0 Å². The lowest BCUT2D eigenvalue weighted by Gasteiger charge is -2.31. The van der Waals surface area contributed by atoms with Crippen LogP contribution in [0.3, 0.4) is 0 Å². The van der Waals surface area contributed by atoms with Gasteiger partial charge in [0.2, 0.25) is 0 Å². The van der Waals surface area contributed by atoms with Gasteiger partial charge in [-0.15, -0.1) is 0 Å². The molecular weight excluding hydrogens is 246 g/mol. The van der Waals surface area contributed by atoms with Crippen molar-refractivity contribution >= 4 is 11.6 Å². The van der Waals surface area contributed by atoms with Crippen LogP contribution < -0.4 is 5.73 Å². The SMILES string of the molecule is NC1CC(c2nccc(-c3ccc(Cl)cc3)n2)C1. The fourth-order valence-electron chi connectivity index (χ4n) is 2.22. The van der Waals surface area contributed by atoms with E-state index in [-0.39, 0.29) is 0 Å². The second-order valence-corrected chi connectivity index (χ2v) is 5.17. The van der Waals surface area contributed by atoms with E-state index in [0.717, 1.165) is 34.9 Å². The minimum Gasteiger partial charge on any atom is -0.328 e. The third-order valence-electron chi connectivity index (χ3n) is 3.35. The van der Waals surface area contributed by atoms with Gasteiger partial charge in [0.1, 0.15) is 5.82 Å². The first-order chi connectivity index (χ1) is 8.72. The Labute approximate surface area is 111 Å². The van der Waals surface area contributed by atoms with Gasteiger partial charge in [-0.25, -0.2) is 9.97 Å². The molecule has 0 amide bonds. The first-order valence-electron chi connectivity index (χ1n) is 6.07. The topological polar surface area (TPSA) is 51.8 Å². The van der Waals surface area contributed by atoms with E-state index in [1.165, 1.54) is 0 Å². The van der Waals surface area contributed by atoms with Crippen LogP contribution in [0.4, 0.5) is 0 Å². The number of hydrogen-bond donors (Lipinski definition) is 1. The van der Waals surface area contributed by atoms with Gasteiger partial charge in [0, 0.05) is 28.7 Å². The van der Waals surface area contributed by atoms with Crippen molar-refractivity contribution in [2.45, 2.75) is 24.8 Å². The fraction of sp³-hybridized carbons (Fsp3) is 0.286. The Hall–Kier alpha value is -1.45. The van der Waals surface area contributed by atoms with Gasteiger partial charge in [-0.2, -0.15) is 0 Å². The number of benzene rings is 1. The molecule has 1 aromatic heterocycles. The molecule has 2 N–H and O–H groups in total. The molecule has 4 heteroatoms. The third kappa shape index (κ3) is 2.24. The van der Waals surface area contributed by atoms with Crippen LogP contribution in [0.1, 0.15) is 24.6 Å². The highest BCUT2D eigenvalue weighted by Crippen LogP contribution is 2.34. The quantitative estimate of drug-likeness (QED) is 0.902. The van der Waals surface area contributed by atoms with Crippen molar-refractivity contribution in [2.75, 3.05) is 0 Å². The highest BCUT2D eigenvalue weighted by Gasteiger charge is 2.29. The van der Waals surface area contributed by atoms with Gasteiger partial charge < -0.3 is 5.73 Å². The Bertz CT molecular complexity index is 547. The number of rotatable bonds is 2. The molecule has 0 atom stereocenters. The highest BCUT2D eigenvalue weighted by atomic mass is 35.5. The fourth-order valence-corrected chi connectivity index (χ4v) is 2.35. The zero-order chi connectivity index (χ0) is 12.5. The third-order valence-corrected chi connectivity index (χ3v) is 3.61. The summed E-state index contributed by atoms with van der Waals surface area (Å²) < 4.78 is 0. The molecule has 1 aromatic carbocycles. The number of nitrogens with zero attached hydrogens (tertiary/aromatic N) is 2. The molecule has 3 nitrogen and oxygen atoms in total. The van der Waals surface area contributed by atoms with Crippen LogP contribution in [-0.2, 0) is 0 Å². The minimum absolute atomic E-state index is 0.317. The predicted octanol–water partition coefficient (Wildman–Crippen LogP) is 3.00. The molecule has 1 saturated carbocycles. The van der Waals surface area contributed by atoms with Crippen LogP contribution in [0.5, 0.6) is 0 Å². The van der Waals surface area contributed by atoms with Crippen LogP contribution in [0.25, 0.3) is 11.3 Å². The number of nitrogens with two attached hydrogens (primary N) is 1. The maximum Gasteiger partial charge on any atom is 0.132 e. The van der Waals surface area contributed by atoms with E-state index in [2.05, 4.69) is 9.97 Å². The summed E-state index contributed by atoms with van der Waals surface area (Å²) in [5.41, 5.74) is 7.81. The molecular formula is C14H14ClN3. The van der Waals surface area contributed by atoms with E-state index in [4.69, 9.17) is 17.3 Å². The van der Waals surface area contributed by atoms with Gasteiger partial charge in [0.25, 0.3) is 0 Å². The summed E-state index contributed by atoms with van der Waals surface area (Å²) in [7, 11) is 0. The largest absolute Gasteiger partial charge is 0.328 e. The lowest BCUT2D eigenvalue weighted by atomic mass is 9.80.